The average Bonchev–Trinajstić information content (AvgIpc) is 2.74. The second-order valence-corrected chi connectivity index (χ2v) is 10.1. The maximum Gasteiger partial charge on any atom is 0.500 e. The number of thioether (sulfide) groups is 1. The monoisotopic (exact) mass is 469 g/mol. The average molecular weight is 470 g/mol. The van der Waals surface area contributed by atoms with Crippen molar-refractivity contribution in [2.45, 2.75) is 59.9 Å². The summed E-state index contributed by atoms with van der Waals surface area (Å²) >= 11 is 1.68. The molecule has 0 aliphatic heterocycles. The van der Waals surface area contributed by atoms with Crippen LogP contribution in [-0.4, -0.2) is 77.4 Å². The molecule has 10 heteroatoms. The maximum atomic E-state index is 11.5. The second kappa shape index (κ2) is 21.6. The third kappa shape index (κ3) is 17.1. The molecule has 0 fully saturated rings. The van der Waals surface area contributed by atoms with Crippen molar-refractivity contribution in [3.8, 4) is 0 Å². The summed E-state index contributed by atoms with van der Waals surface area (Å²) in [6.07, 6.45) is 4.17. The Hall–Kier alpha value is -0.653. The smallest absolute Gasteiger partial charge is 0.463 e. The van der Waals surface area contributed by atoms with E-state index in [9.17, 15) is 9.59 Å². The summed E-state index contributed by atoms with van der Waals surface area (Å²) in [6.45, 7) is 12.0. The van der Waals surface area contributed by atoms with Gasteiger partial charge in [-0.05, 0) is 39.9 Å². The minimum atomic E-state index is -2.55. The number of rotatable bonds is 17. The van der Waals surface area contributed by atoms with Gasteiger partial charge in [-0.3, -0.25) is 9.59 Å². The third-order valence-electron chi connectivity index (χ3n) is 3.96. The van der Waals surface area contributed by atoms with Gasteiger partial charge >= 0.3 is 14.8 Å². The highest BCUT2D eigenvalue weighted by Crippen LogP contribution is 2.17. The molecule has 0 bridgehead atoms. The molecule has 0 rings (SSSR count). The van der Waals surface area contributed by atoms with E-state index in [1.165, 1.54) is 0 Å². The van der Waals surface area contributed by atoms with Crippen molar-refractivity contribution in [1.82, 2.24) is 5.32 Å². The molecule has 180 valence electrons. The van der Waals surface area contributed by atoms with Crippen molar-refractivity contribution in [3.63, 3.8) is 0 Å². The standard InChI is InChI=1S/C13H29NO4SSi.C7H14O3/c1-5-16-20(17-6-2,18-7-3)12-8-10-14-13(15)9-11-19-4;1-3-6(2)7(9)10-5-4-8/h5-12H2,1-4H3,(H,14,15);6,8H,3-5H2,1-2H3. The summed E-state index contributed by atoms with van der Waals surface area (Å²) in [7, 11) is -2.55. The van der Waals surface area contributed by atoms with E-state index in [2.05, 4.69) is 10.1 Å². The Bertz CT molecular complexity index is 413. The Morgan fingerprint density at radius 2 is 1.63 bits per heavy atom. The first-order chi connectivity index (χ1) is 14.4. The van der Waals surface area contributed by atoms with Gasteiger partial charge in [0.1, 0.15) is 6.61 Å². The van der Waals surface area contributed by atoms with Gasteiger partial charge in [0.25, 0.3) is 0 Å². The summed E-state index contributed by atoms with van der Waals surface area (Å²) in [5, 5.41) is 11.2. The third-order valence-corrected chi connectivity index (χ3v) is 7.72. The Kier molecular flexibility index (Phi) is 22.7. The largest absolute Gasteiger partial charge is 0.500 e. The lowest BCUT2D eigenvalue weighted by Gasteiger charge is -2.28. The van der Waals surface area contributed by atoms with Crippen molar-refractivity contribution >= 4 is 32.4 Å². The molecule has 0 aromatic heterocycles. The van der Waals surface area contributed by atoms with Gasteiger partial charge < -0.3 is 28.4 Å². The first kappa shape index (κ1) is 31.5. The number of hydrogen-bond donors (Lipinski definition) is 2. The number of hydrogen-bond acceptors (Lipinski definition) is 8. The molecule has 2 N–H and O–H groups in total. The summed E-state index contributed by atoms with van der Waals surface area (Å²) in [5.41, 5.74) is 0. The van der Waals surface area contributed by atoms with Gasteiger partial charge in [0.2, 0.25) is 5.91 Å². The number of carbonyl (C=O) groups excluding carboxylic acids is 2. The van der Waals surface area contributed by atoms with E-state index < -0.39 is 8.80 Å². The molecule has 30 heavy (non-hydrogen) atoms. The van der Waals surface area contributed by atoms with E-state index in [0.29, 0.717) is 32.8 Å². The van der Waals surface area contributed by atoms with E-state index in [1.54, 1.807) is 18.7 Å². The van der Waals surface area contributed by atoms with Crippen LogP contribution in [0.15, 0.2) is 0 Å². The highest BCUT2D eigenvalue weighted by Gasteiger charge is 2.39. The Morgan fingerprint density at radius 3 is 2.07 bits per heavy atom. The molecular weight excluding hydrogens is 426 g/mol. The number of aliphatic hydroxyl groups is 1. The zero-order chi connectivity index (χ0) is 23.3. The van der Waals surface area contributed by atoms with E-state index >= 15 is 0 Å². The van der Waals surface area contributed by atoms with Crippen LogP contribution in [0.1, 0.15) is 53.9 Å². The molecule has 1 atom stereocenters. The fraction of sp³-hybridized carbons (Fsp3) is 0.900. The van der Waals surface area contributed by atoms with Gasteiger partial charge in [0, 0.05) is 44.6 Å². The fourth-order valence-electron chi connectivity index (χ4n) is 2.27. The molecule has 0 heterocycles. The highest BCUT2D eigenvalue weighted by molar-refractivity contribution is 7.98. The Labute approximate surface area is 188 Å². The molecule has 1 amide bonds. The minimum absolute atomic E-state index is 0.0495. The molecule has 0 spiro atoms. The van der Waals surface area contributed by atoms with Crippen LogP contribution in [0.3, 0.4) is 0 Å². The number of nitrogens with one attached hydrogen (secondary N) is 1. The van der Waals surface area contributed by atoms with Gasteiger partial charge in [0.15, 0.2) is 0 Å². The number of amides is 1. The van der Waals surface area contributed by atoms with Crippen LogP contribution in [0.2, 0.25) is 6.04 Å². The van der Waals surface area contributed by atoms with Gasteiger partial charge in [-0.2, -0.15) is 11.8 Å². The molecule has 8 nitrogen and oxygen atoms in total. The molecule has 0 aromatic rings. The number of aliphatic hydroxyl groups excluding tert-OH is 1. The van der Waals surface area contributed by atoms with Crippen molar-refractivity contribution in [2.75, 3.05) is 51.6 Å². The summed E-state index contributed by atoms with van der Waals surface area (Å²) < 4.78 is 21.9. The summed E-state index contributed by atoms with van der Waals surface area (Å²) in [6, 6.07) is 0.741. The lowest BCUT2D eigenvalue weighted by molar-refractivity contribution is -0.149. The molecule has 0 saturated heterocycles. The van der Waals surface area contributed by atoms with Gasteiger partial charge in [-0.15, -0.1) is 0 Å². The zero-order valence-corrected chi connectivity index (χ0v) is 21.5. The topological polar surface area (TPSA) is 103 Å². The van der Waals surface area contributed by atoms with Crippen molar-refractivity contribution in [2.24, 2.45) is 5.92 Å². The van der Waals surface area contributed by atoms with E-state index in [4.69, 9.17) is 18.4 Å². The van der Waals surface area contributed by atoms with E-state index in [-0.39, 0.29) is 31.0 Å². The summed E-state index contributed by atoms with van der Waals surface area (Å²) in [5.74, 6) is 0.695. The minimum Gasteiger partial charge on any atom is -0.463 e. The van der Waals surface area contributed by atoms with Gasteiger partial charge in [0.05, 0.1) is 12.5 Å². The van der Waals surface area contributed by atoms with Crippen LogP contribution in [-0.2, 0) is 27.6 Å². The van der Waals surface area contributed by atoms with Crippen molar-refractivity contribution < 1.29 is 32.7 Å². The second-order valence-electron chi connectivity index (χ2n) is 6.38. The van der Waals surface area contributed by atoms with Crippen LogP contribution in [0.5, 0.6) is 0 Å². The zero-order valence-electron chi connectivity index (χ0n) is 19.7. The predicted octanol–water partition coefficient (Wildman–Crippen LogP) is 2.86. The van der Waals surface area contributed by atoms with E-state index in [1.807, 2.05) is 34.0 Å². The number of esters is 1. The predicted molar refractivity (Wildman–Crippen MR) is 124 cm³/mol. The lowest BCUT2D eigenvalue weighted by Crippen LogP contribution is -2.46. The Balaban J connectivity index is 0. The summed E-state index contributed by atoms with van der Waals surface area (Å²) in [4.78, 5) is 22.3. The van der Waals surface area contributed by atoms with Crippen molar-refractivity contribution in [1.29, 1.82) is 0 Å². The van der Waals surface area contributed by atoms with Crippen LogP contribution >= 0.6 is 11.8 Å². The first-order valence-corrected chi connectivity index (χ1v) is 14.1. The molecule has 0 aromatic carbocycles. The molecule has 0 aliphatic carbocycles. The van der Waals surface area contributed by atoms with Gasteiger partial charge in [-0.1, -0.05) is 13.8 Å². The Morgan fingerprint density at radius 1 is 1.07 bits per heavy atom. The van der Waals surface area contributed by atoms with Gasteiger partial charge in [-0.25, -0.2) is 0 Å². The maximum absolute atomic E-state index is 11.5. The van der Waals surface area contributed by atoms with Crippen LogP contribution < -0.4 is 5.32 Å². The normalized spacial score (nSPS) is 12.0. The highest BCUT2D eigenvalue weighted by atomic mass is 32.2. The molecule has 0 radical (unpaired) electrons. The molecular formula is C20H43NO7SSi. The number of carbonyl (C=O) groups is 2. The molecule has 1 unspecified atom stereocenters. The van der Waals surface area contributed by atoms with Crippen LogP contribution in [0.25, 0.3) is 0 Å². The molecule has 0 saturated carbocycles. The quantitative estimate of drug-likeness (QED) is 0.190. The lowest BCUT2D eigenvalue weighted by atomic mass is 10.1. The van der Waals surface area contributed by atoms with Crippen LogP contribution in [0, 0.1) is 5.92 Å². The molecule has 0 aliphatic rings. The number of ether oxygens (including phenoxy) is 1. The van der Waals surface area contributed by atoms with Crippen molar-refractivity contribution in [3.05, 3.63) is 0 Å². The SMILES string of the molecule is CCC(C)C(=O)OCCO.CCO[Si](CCCNC(=O)CCSC)(OCC)OCC. The fourth-order valence-corrected chi connectivity index (χ4v) is 5.27. The first-order valence-electron chi connectivity index (χ1n) is 10.8. The van der Waals surface area contributed by atoms with Crippen LogP contribution in [0.4, 0.5) is 0 Å². The van der Waals surface area contributed by atoms with E-state index in [0.717, 1.165) is 24.6 Å².